The molecule has 4 aromatic rings. The molecule has 1 N–H and O–H groups in total. The Hall–Kier alpha value is -4.30. The van der Waals surface area contributed by atoms with Crippen LogP contribution in [0.1, 0.15) is 101 Å². The van der Waals surface area contributed by atoms with Crippen molar-refractivity contribution >= 4 is 22.0 Å². The fourth-order valence-electron chi connectivity index (χ4n) is 8.52. The number of methoxy groups -OCH3 is 1. The SMILES string of the molecule is C.C.COCOc1cc(C)ccc1OC1C[C@H]2CCC[C@@H](C1)N2Oc1ccc(C(F)(F)F)cn1.C[Si](C)(C)Br.Cc1ccc(OC2C[C@H]3CCC[C@@H](C2)N3Oc2ccc(C(F)(F)F)cn2)c(O)c1. The second-order valence-corrected chi connectivity index (χ2v) is 29.4. The second-order valence-electron chi connectivity index (χ2n) is 18.1. The van der Waals surface area contributed by atoms with E-state index in [0.29, 0.717) is 30.1 Å². The molecule has 2 aromatic carbocycles. The molecule has 68 heavy (non-hydrogen) atoms. The second kappa shape index (κ2) is 24.5. The van der Waals surface area contributed by atoms with E-state index in [0.717, 1.165) is 87.0 Å². The van der Waals surface area contributed by atoms with Crippen molar-refractivity contribution in [3.05, 3.63) is 95.3 Å². The normalized spacial score (nSPS) is 22.6. The number of pyridine rings is 2. The number of aryl methyl sites for hydroxylation is 2. The van der Waals surface area contributed by atoms with Crippen LogP contribution in [0.3, 0.4) is 0 Å². The minimum Gasteiger partial charge on any atom is -0.504 e. The number of fused-ring (bicyclic) bond motifs is 4. The topological polar surface area (TPSA) is 108 Å². The first-order valence-corrected chi connectivity index (χ1v) is 27.9. The maximum atomic E-state index is 12.8. The highest BCUT2D eigenvalue weighted by Crippen LogP contribution is 2.41. The van der Waals surface area contributed by atoms with Gasteiger partial charge in [-0.15, -0.1) is 25.4 Å². The molecule has 0 radical (unpaired) electrons. The minimum absolute atomic E-state index is 0. The first kappa shape index (κ1) is 56.3. The van der Waals surface area contributed by atoms with Crippen molar-refractivity contribution < 1.29 is 60.1 Å². The van der Waals surface area contributed by atoms with E-state index in [4.69, 9.17) is 28.6 Å². The molecular weight excluding hydrogens is 979 g/mol. The van der Waals surface area contributed by atoms with E-state index >= 15 is 0 Å². The highest BCUT2D eigenvalue weighted by Gasteiger charge is 2.43. The van der Waals surface area contributed by atoms with Gasteiger partial charge in [-0.25, -0.2) is 9.97 Å². The van der Waals surface area contributed by atoms with Gasteiger partial charge in [-0.05, 0) is 87.1 Å². The van der Waals surface area contributed by atoms with Crippen molar-refractivity contribution in [1.82, 2.24) is 20.1 Å². The molecule has 2 aromatic heterocycles. The standard InChI is InChI=1S/C23H27F3N2O4.C21H23F3N2O3.C3H9BrSi.2CH4/c1-15-6-8-20(21(10-15)30-14-29-2)31-19-11-17-4-3-5-18(12-19)28(17)32-22-9-7-16(13-27-22)23(24,25)26;1-13-5-7-19(18(27)9-13)28-17-10-15-3-2-4-16(11-17)26(15)29-20-8-6-14(12-25-20)21(22,23)24;1-5(2,3)4;;/h6-10,13,17-19H,3-5,11-12,14H2,1-2H3;5-9,12,15-17,27H,2-4,10-11H2,1H3;1-3H3;2*1H4/t17-,18+,19?;15-,16+,17?;;;. The molecule has 4 saturated heterocycles. The first-order chi connectivity index (χ1) is 31.1. The Morgan fingerprint density at radius 1 is 0.632 bits per heavy atom. The third-order valence-corrected chi connectivity index (χ3v) is 11.4. The van der Waals surface area contributed by atoms with Gasteiger partial charge in [-0.1, -0.05) is 59.5 Å². The molecule has 378 valence electrons. The summed E-state index contributed by atoms with van der Waals surface area (Å²) >= 11 is 3.51. The Balaban J connectivity index is 0.000000264. The zero-order valence-corrected chi connectivity index (χ0v) is 40.6. The molecule has 19 heteroatoms. The molecule has 2 unspecified atom stereocenters. The van der Waals surface area contributed by atoms with Gasteiger partial charge in [0.25, 0.3) is 0 Å². The van der Waals surface area contributed by atoms with E-state index < -0.39 is 30.2 Å². The van der Waals surface area contributed by atoms with Gasteiger partial charge in [0.15, 0.2) is 29.8 Å². The molecule has 6 atom stereocenters. The molecule has 4 aliphatic rings. The smallest absolute Gasteiger partial charge is 0.417 e. The number of hydrogen-bond donors (Lipinski definition) is 1. The third-order valence-electron chi connectivity index (χ3n) is 11.4. The van der Waals surface area contributed by atoms with Crippen molar-refractivity contribution in [2.75, 3.05) is 13.9 Å². The molecule has 4 bridgehead atoms. The van der Waals surface area contributed by atoms with Crippen molar-refractivity contribution in [2.24, 2.45) is 0 Å². The van der Waals surface area contributed by atoms with Crippen LogP contribution < -0.4 is 23.9 Å². The highest BCUT2D eigenvalue weighted by molar-refractivity contribution is 9.26. The number of aromatic hydroxyl groups is 1. The molecule has 0 spiro atoms. The summed E-state index contributed by atoms with van der Waals surface area (Å²) < 4.78 is 99.6. The number of ether oxygens (including phenoxy) is 4. The number of piperidine rings is 4. The van der Waals surface area contributed by atoms with Gasteiger partial charge in [0.1, 0.15) is 18.9 Å². The number of nitrogens with zero attached hydrogens (tertiary/aromatic N) is 4. The van der Waals surface area contributed by atoms with Gasteiger partial charge in [-0.2, -0.15) is 26.3 Å². The number of halogens is 7. The summed E-state index contributed by atoms with van der Waals surface area (Å²) in [6.45, 7) is 9.95. The molecule has 0 aliphatic carbocycles. The molecule has 11 nitrogen and oxygen atoms in total. The van der Waals surface area contributed by atoms with Gasteiger partial charge in [0, 0.05) is 81.5 Å². The van der Waals surface area contributed by atoms with E-state index in [1.165, 1.54) is 12.1 Å². The van der Waals surface area contributed by atoms with Gasteiger partial charge >= 0.3 is 12.4 Å². The quantitative estimate of drug-likeness (QED) is 0.0671. The number of aromatic nitrogens is 2. The third kappa shape index (κ3) is 16.4. The van der Waals surface area contributed by atoms with E-state index in [2.05, 4.69) is 44.9 Å². The van der Waals surface area contributed by atoms with Crippen LogP contribution in [0.4, 0.5) is 26.3 Å². The summed E-state index contributed by atoms with van der Waals surface area (Å²) in [4.78, 5) is 19.5. The Labute approximate surface area is 405 Å². The fourth-order valence-corrected chi connectivity index (χ4v) is 8.52. The molecule has 6 heterocycles. The van der Waals surface area contributed by atoms with Crippen molar-refractivity contribution in [3.8, 4) is 34.8 Å². The van der Waals surface area contributed by atoms with Crippen LogP contribution in [-0.4, -0.2) is 82.2 Å². The molecule has 4 aliphatic heterocycles. The van der Waals surface area contributed by atoms with Gasteiger partial charge in [-0.3, -0.25) is 0 Å². The molecule has 8 rings (SSSR count). The average molecular weight is 1050 g/mol. The largest absolute Gasteiger partial charge is 0.504 e. The lowest BCUT2D eigenvalue weighted by atomic mass is 9.84. The summed E-state index contributed by atoms with van der Waals surface area (Å²) in [7, 11) is 1.57. The highest BCUT2D eigenvalue weighted by atomic mass is 79.9. The monoisotopic (exact) mass is 1040 g/mol. The predicted octanol–water partition coefficient (Wildman–Crippen LogP) is 13.5. The van der Waals surface area contributed by atoms with Crippen LogP contribution >= 0.6 is 15.3 Å². The van der Waals surface area contributed by atoms with Crippen LogP contribution in [0.2, 0.25) is 19.6 Å². The van der Waals surface area contributed by atoms with Gasteiger partial charge in [0.05, 0.1) is 11.1 Å². The Bertz CT molecular complexity index is 2130. The van der Waals surface area contributed by atoms with E-state index in [9.17, 15) is 31.4 Å². The lowest BCUT2D eigenvalue weighted by molar-refractivity contribution is -0.185. The fraction of sp³-hybridized carbons (Fsp3) is 0.551. The molecular formula is C49H67BrF6N4O7Si. The number of alkyl halides is 6. The van der Waals surface area contributed by atoms with Crippen molar-refractivity contribution in [1.29, 1.82) is 0 Å². The zero-order valence-electron chi connectivity index (χ0n) is 38.0. The van der Waals surface area contributed by atoms with E-state index in [1.807, 2.05) is 48.2 Å². The van der Waals surface area contributed by atoms with E-state index in [-0.39, 0.29) is 75.5 Å². The summed E-state index contributed by atoms with van der Waals surface area (Å²) in [5, 5.41) is 13.9. The van der Waals surface area contributed by atoms with Gasteiger partial charge < -0.3 is 33.7 Å². The van der Waals surface area contributed by atoms with Gasteiger partial charge in [0.2, 0.25) is 11.8 Å². The zero-order chi connectivity index (χ0) is 47.8. The maximum Gasteiger partial charge on any atom is 0.417 e. The lowest BCUT2D eigenvalue weighted by Gasteiger charge is -2.46. The lowest BCUT2D eigenvalue weighted by Crippen LogP contribution is -2.55. The average Bonchev–Trinajstić information content (AvgIpc) is 3.22. The summed E-state index contributed by atoms with van der Waals surface area (Å²) in [5.74, 6) is 2.24. The van der Waals surface area contributed by atoms with Crippen molar-refractivity contribution in [3.63, 3.8) is 0 Å². The minimum atomic E-state index is -4.42. The summed E-state index contributed by atoms with van der Waals surface area (Å²) in [5.41, 5.74) is 0.434. The number of hydroxylamine groups is 4. The molecule has 0 saturated carbocycles. The van der Waals surface area contributed by atoms with Crippen LogP contribution in [0, 0.1) is 13.8 Å². The van der Waals surface area contributed by atoms with Crippen LogP contribution in [-0.2, 0) is 17.1 Å². The van der Waals surface area contributed by atoms with Crippen molar-refractivity contribution in [2.45, 2.75) is 161 Å². The maximum absolute atomic E-state index is 12.8. The van der Waals surface area contributed by atoms with Crippen LogP contribution in [0.25, 0.3) is 0 Å². The number of hydrogen-bond acceptors (Lipinski definition) is 11. The Kier molecular flexibility index (Phi) is 20.3. The van der Waals surface area contributed by atoms with E-state index in [1.54, 1.807) is 19.2 Å². The Morgan fingerprint density at radius 3 is 1.40 bits per heavy atom. The van der Waals surface area contributed by atoms with Crippen LogP contribution in [0.5, 0.6) is 34.8 Å². The number of rotatable bonds is 11. The first-order valence-electron chi connectivity index (χ1n) is 22.2. The molecule has 0 amide bonds. The Morgan fingerprint density at radius 2 is 1.03 bits per heavy atom. The summed E-state index contributed by atoms with van der Waals surface area (Å²) in [6.07, 6.45) is 1.44. The number of phenols is 1. The number of benzene rings is 2. The molecule has 4 fully saturated rings. The number of phenolic OH excluding ortho intramolecular Hbond substituents is 1. The summed E-state index contributed by atoms with van der Waals surface area (Å²) in [6, 6.07) is 16.0. The van der Waals surface area contributed by atoms with Crippen LogP contribution in [0.15, 0.2) is 73.1 Å². The predicted molar refractivity (Wildman–Crippen MR) is 256 cm³/mol.